The first-order chi connectivity index (χ1) is 10.4. The Balaban J connectivity index is 1.91. The van der Waals surface area contributed by atoms with Crippen LogP contribution in [0.3, 0.4) is 0 Å². The molecule has 2 atom stereocenters. The number of nitrogens with two attached hydrogens (primary N) is 1. The highest BCUT2D eigenvalue weighted by Gasteiger charge is 2.32. The molecular weight excluding hydrogens is 272 g/mol. The Bertz CT molecular complexity index is 669. The maximum atomic E-state index is 5.82. The summed E-state index contributed by atoms with van der Waals surface area (Å²) in [6, 6.07) is 18.9. The Morgan fingerprint density at radius 2 is 1.55 bits per heavy atom. The van der Waals surface area contributed by atoms with Crippen LogP contribution < -0.4 is 5.73 Å². The highest BCUT2D eigenvalue weighted by molar-refractivity contribution is 5.74. The summed E-state index contributed by atoms with van der Waals surface area (Å²) in [4.78, 5) is 4.46. The van der Waals surface area contributed by atoms with Gasteiger partial charge in [0.15, 0.2) is 6.10 Å². The molecule has 0 spiro atoms. The molecule has 1 aliphatic rings. The molecule has 0 aromatic heterocycles. The van der Waals surface area contributed by atoms with Gasteiger partial charge in [0.05, 0.1) is 0 Å². The summed E-state index contributed by atoms with van der Waals surface area (Å²) >= 11 is 0. The standard InChI is InChI=1S/C19H22N2O/c1-19(2,3)15-11-9-14(10-12-15)17-16(21-18(20)22-17)13-7-5-4-6-8-13/h4-12,16-17H,1-3H3,(H2,20,21)/t16?,17-/m1/s1. The number of ether oxygens (including phenoxy) is 1. The van der Waals surface area contributed by atoms with Crippen LogP contribution in [0.1, 0.15) is 49.6 Å². The molecule has 0 bridgehead atoms. The van der Waals surface area contributed by atoms with E-state index in [0.717, 1.165) is 11.1 Å². The zero-order chi connectivity index (χ0) is 15.7. The van der Waals surface area contributed by atoms with Crippen LogP contribution in [0.15, 0.2) is 59.6 Å². The van der Waals surface area contributed by atoms with Gasteiger partial charge in [-0.05, 0) is 22.1 Å². The summed E-state index contributed by atoms with van der Waals surface area (Å²) in [7, 11) is 0. The molecule has 3 nitrogen and oxygen atoms in total. The Kier molecular flexibility index (Phi) is 3.65. The molecule has 114 valence electrons. The lowest BCUT2D eigenvalue weighted by Crippen LogP contribution is -2.15. The van der Waals surface area contributed by atoms with Crippen LogP contribution in [0.5, 0.6) is 0 Å². The van der Waals surface area contributed by atoms with Gasteiger partial charge in [0.1, 0.15) is 6.04 Å². The SMILES string of the molecule is CC(C)(C)c1ccc([C@H]2OC(N)=NC2c2ccccc2)cc1. The van der Waals surface area contributed by atoms with Crippen molar-refractivity contribution in [2.45, 2.75) is 38.3 Å². The first-order valence-corrected chi connectivity index (χ1v) is 7.60. The highest BCUT2D eigenvalue weighted by atomic mass is 16.5. The molecule has 2 N–H and O–H groups in total. The van der Waals surface area contributed by atoms with Gasteiger partial charge in [0, 0.05) is 0 Å². The molecule has 0 saturated carbocycles. The molecule has 0 fully saturated rings. The fourth-order valence-corrected chi connectivity index (χ4v) is 2.75. The van der Waals surface area contributed by atoms with E-state index in [2.05, 4.69) is 62.2 Å². The highest BCUT2D eigenvalue weighted by Crippen LogP contribution is 2.39. The minimum absolute atomic E-state index is 0.0818. The number of amidine groups is 1. The molecule has 0 saturated heterocycles. The third-order valence-corrected chi connectivity index (χ3v) is 4.05. The van der Waals surface area contributed by atoms with Crippen molar-refractivity contribution in [3.63, 3.8) is 0 Å². The number of rotatable bonds is 2. The fraction of sp³-hybridized carbons (Fsp3) is 0.316. The number of hydrogen-bond donors (Lipinski definition) is 1. The van der Waals surface area contributed by atoms with Crippen LogP contribution in [0.25, 0.3) is 0 Å². The monoisotopic (exact) mass is 294 g/mol. The molecule has 2 aromatic rings. The number of hydrogen-bond acceptors (Lipinski definition) is 3. The van der Waals surface area contributed by atoms with Crippen LogP contribution in [-0.2, 0) is 10.2 Å². The van der Waals surface area contributed by atoms with Crippen molar-refractivity contribution in [1.82, 2.24) is 0 Å². The van der Waals surface area contributed by atoms with Gasteiger partial charge >= 0.3 is 0 Å². The van der Waals surface area contributed by atoms with E-state index in [9.17, 15) is 0 Å². The average molecular weight is 294 g/mol. The Hall–Kier alpha value is -2.29. The van der Waals surface area contributed by atoms with Gasteiger partial charge < -0.3 is 10.5 Å². The molecule has 1 unspecified atom stereocenters. The first kappa shape index (κ1) is 14.6. The second-order valence-corrected chi connectivity index (χ2v) is 6.73. The van der Waals surface area contributed by atoms with Crippen molar-refractivity contribution in [2.24, 2.45) is 10.7 Å². The van der Waals surface area contributed by atoms with Gasteiger partial charge in [-0.25, -0.2) is 4.99 Å². The van der Waals surface area contributed by atoms with Gasteiger partial charge in [-0.2, -0.15) is 0 Å². The van der Waals surface area contributed by atoms with Crippen molar-refractivity contribution >= 4 is 6.02 Å². The predicted octanol–water partition coefficient (Wildman–Crippen LogP) is 4.11. The van der Waals surface area contributed by atoms with E-state index < -0.39 is 0 Å². The lowest BCUT2D eigenvalue weighted by atomic mass is 9.86. The van der Waals surface area contributed by atoms with Crippen molar-refractivity contribution in [1.29, 1.82) is 0 Å². The molecular formula is C19H22N2O. The molecule has 1 heterocycles. The molecule has 0 amide bonds. The average Bonchev–Trinajstić information content (AvgIpc) is 2.89. The van der Waals surface area contributed by atoms with Gasteiger partial charge in [0.2, 0.25) is 0 Å². The second-order valence-electron chi connectivity index (χ2n) is 6.73. The van der Waals surface area contributed by atoms with E-state index in [1.165, 1.54) is 5.56 Å². The molecule has 3 rings (SSSR count). The smallest absolute Gasteiger partial charge is 0.283 e. The summed E-state index contributed by atoms with van der Waals surface area (Å²) in [6.45, 7) is 6.63. The van der Waals surface area contributed by atoms with Crippen LogP contribution >= 0.6 is 0 Å². The quantitative estimate of drug-likeness (QED) is 0.906. The van der Waals surface area contributed by atoms with Crippen LogP contribution in [0.2, 0.25) is 0 Å². The predicted molar refractivity (Wildman–Crippen MR) is 89.8 cm³/mol. The van der Waals surface area contributed by atoms with E-state index in [1.807, 2.05) is 18.2 Å². The third kappa shape index (κ3) is 2.84. The zero-order valence-corrected chi connectivity index (χ0v) is 13.3. The number of benzene rings is 2. The van der Waals surface area contributed by atoms with Crippen molar-refractivity contribution in [2.75, 3.05) is 0 Å². The van der Waals surface area contributed by atoms with Crippen molar-refractivity contribution in [3.05, 3.63) is 71.3 Å². The lowest BCUT2D eigenvalue weighted by molar-refractivity contribution is 0.193. The summed E-state index contributed by atoms with van der Waals surface area (Å²) in [6.07, 6.45) is -0.156. The van der Waals surface area contributed by atoms with Gasteiger partial charge in [-0.1, -0.05) is 75.4 Å². The third-order valence-electron chi connectivity index (χ3n) is 4.05. The van der Waals surface area contributed by atoms with Crippen LogP contribution in [0, 0.1) is 0 Å². The maximum Gasteiger partial charge on any atom is 0.283 e. The van der Waals surface area contributed by atoms with Crippen LogP contribution in [0.4, 0.5) is 0 Å². The second kappa shape index (κ2) is 5.48. The van der Waals surface area contributed by atoms with Crippen molar-refractivity contribution in [3.8, 4) is 0 Å². The zero-order valence-electron chi connectivity index (χ0n) is 13.3. The number of nitrogens with zero attached hydrogens (tertiary/aromatic N) is 1. The Labute approximate surface area is 131 Å². The van der Waals surface area contributed by atoms with Crippen LogP contribution in [-0.4, -0.2) is 6.02 Å². The summed E-state index contributed by atoms with van der Waals surface area (Å²) < 4.78 is 5.77. The summed E-state index contributed by atoms with van der Waals surface area (Å²) in [5, 5.41) is 0. The van der Waals surface area contributed by atoms with E-state index in [4.69, 9.17) is 10.5 Å². The summed E-state index contributed by atoms with van der Waals surface area (Å²) in [5.41, 5.74) is 9.49. The Morgan fingerprint density at radius 1 is 0.909 bits per heavy atom. The molecule has 2 aromatic carbocycles. The van der Waals surface area contributed by atoms with E-state index in [-0.39, 0.29) is 23.6 Å². The van der Waals surface area contributed by atoms with Gasteiger partial charge in [0.25, 0.3) is 6.02 Å². The number of aliphatic imine (C=N–C) groups is 1. The Morgan fingerprint density at radius 3 is 2.14 bits per heavy atom. The molecule has 22 heavy (non-hydrogen) atoms. The minimum atomic E-state index is -0.156. The minimum Gasteiger partial charge on any atom is -0.455 e. The van der Waals surface area contributed by atoms with E-state index >= 15 is 0 Å². The molecule has 1 aliphatic heterocycles. The maximum absolute atomic E-state index is 5.82. The van der Waals surface area contributed by atoms with E-state index in [1.54, 1.807) is 0 Å². The lowest BCUT2D eigenvalue weighted by Gasteiger charge is -2.22. The van der Waals surface area contributed by atoms with Gasteiger partial charge in [-0.15, -0.1) is 0 Å². The molecule has 0 radical (unpaired) electrons. The van der Waals surface area contributed by atoms with Gasteiger partial charge in [-0.3, -0.25) is 0 Å². The topological polar surface area (TPSA) is 47.6 Å². The van der Waals surface area contributed by atoms with Crippen molar-refractivity contribution < 1.29 is 4.74 Å². The molecule has 0 aliphatic carbocycles. The molecule has 3 heteroatoms. The normalized spacial score (nSPS) is 21.3. The largest absolute Gasteiger partial charge is 0.455 e. The van der Waals surface area contributed by atoms with E-state index in [0.29, 0.717) is 0 Å². The summed E-state index contributed by atoms with van der Waals surface area (Å²) in [5.74, 6) is 0. The fourth-order valence-electron chi connectivity index (χ4n) is 2.75. The first-order valence-electron chi connectivity index (χ1n) is 7.60.